The van der Waals surface area contributed by atoms with Gasteiger partial charge in [0.25, 0.3) is 5.69 Å². The van der Waals surface area contributed by atoms with Crippen LogP contribution < -0.4 is 0 Å². The Morgan fingerprint density at radius 3 is 2.50 bits per heavy atom. The number of hydrogen-bond acceptors (Lipinski definition) is 3. The molecule has 0 amide bonds. The summed E-state index contributed by atoms with van der Waals surface area (Å²) in [5, 5.41) is 20.3. The highest BCUT2D eigenvalue weighted by molar-refractivity contribution is 5.41. The van der Waals surface area contributed by atoms with E-state index in [0.717, 1.165) is 5.56 Å². The topological polar surface area (TPSA) is 63.4 Å². The van der Waals surface area contributed by atoms with Crippen molar-refractivity contribution in [3.63, 3.8) is 0 Å². The second kappa shape index (κ2) is 5.07. The standard InChI is InChI=1S/C12H17NO3/c1-8(2)12(14)7-10-4-5-11(13(15)16)9(3)6-10/h4-6,8,12,14H,7H2,1-3H3. The summed E-state index contributed by atoms with van der Waals surface area (Å²) < 4.78 is 0. The summed E-state index contributed by atoms with van der Waals surface area (Å²) >= 11 is 0. The molecule has 4 heteroatoms. The van der Waals surface area contributed by atoms with Crippen molar-refractivity contribution in [3.8, 4) is 0 Å². The van der Waals surface area contributed by atoms with Gasteiger partial charge in [-0.15, -0.1) is 0 Å². The Bertz CT molecular complexity index is 388. The van der Waals surface area contributed by atoms with Crippen LogP contribution in [0.5, 0.6) is 0 Å². The number of nitrogens with zero attached hydrogens (tertiary/aromatic N) is 1. The van der Waals surface area contributed by atoms with Gasteiger partial charge in [-0.25, -0.2) is 0 Å². The van der Waals surface area contributed by atoms with E-state index in [1.807, 2.05) is 13.8 Å². The molecule has 4 nitrogen and oxygen atoms in total. The van der Waals surface area contributed by atoms with E-state index >= 15 is 0 Å². The van der Waals surface area contributed by atoms with E-state index in [4.69, 9.17) is 0 Å². The van der Waals surface area contributed by atoms with Gasteiger partial charge < -0.3 is 5.11 Å². The number of nitro benzene ring substituents is 1. The Morgan fingerprint density at radius 1 is 1.44 bits per heavy atom. The fraction of sp³-hybridized carbons (Fsp3) is 0.500. The van der Waals surface area contributed by atoms with Crippen molar-refractivity contribution >= 4 is 5.69 Å². The summed E-state index contributed by atoms with van der Waals surface area (Å²) in [6, 6.07) is 4.97. The minimum absolute atomic E-state index is 0.128. The van der Waals surface area contributed by atoms with Gasteiger partial charge in [-0.3, -0.25) is 10.1 Å². The molecule has 0 bridgehead atoms. The van der Waals surface area contributed by atoms with Crippen LogP contribution in [-0.2, 0) is 6.42 Å². The minimum atomic E-state index is -0.402. The Kier molecular flexibility index (Phi) is 4.01. The van der Waals surface area contributed by atoms with Crippen LogP contribution in [0.3, 0.4) is 0 Å². The Hall–Kier alpha value is -1.42. The molecule has 1 atom stereocenters. The number of nitro groups is 1. The van der Waals surface area contributed by atoms with E-state index in [9.17, 15) is 15.2 Å². The molecule has 0 radical (unpaired) electrons. The average Bonchev–Trinajstić information content (AvgIpc) is 2.16. The SMILES string of the molecule is Cc1cc(CC(O)C(C)C)ccc1[N+](=O)[O-]. The number of aliphatic hydroxyl groups excluding tert-OH is 1. The zero-order valence-corrected chi connectivity index (χ0v) is 9.80. The van der Waals surface area contributed by atoms with E-state index in [1.165, 1.54) is 6.07 Å². The van der Waals surface area contributed by atoms with Crippen LogP contribution in [0.4, 0.5) is 5.69 Å². The van der Waals surface area contributed by atoms with Crippen LogP contribution in [0.15, 0.2) is 18.2 Å². The van der Waals surface area contributed by atoms with Gasteiger partial charge in [0.1, 0.15) is 0 Å². The first-order valence-corrected chi connectivity index (χ1v) is 5.33. The van der Waals surface area contributed by atoms with Crippen molar-refractivity contribution in [2.75, 3.05) is 0 Å². The molecular weight excluding hydrogens is 206 g/mol. The van der Waals surface area contributed by atoms with E-state index in [0.29, 0.717) is 12.0 Å². The predicted octanol–water partition coefficient (Wildman–Crippen LogP) is 2.46. The molecule has 0 fully saturated rings. The van der Waals surface area contributed by atoms with Crippen molar-refractivity contribution in [2.24, 2.45) is 5.92 Å². The van der Waals surface area contributed by atoms with E-state index in [-0.39, 0.29) is 11.6 Å². The van der Waals surface area contributed by atoms with Gasteiger partial charge in [-0.2, -0.15) is 0 Å². The van der Waals surface area contributed by atoms with Crippen LogP contribution in [0, 0.1) is 23.0 Å². The summed E-state index contributed by atoms with van der Waals surface area (Å²) in [5.74, 6) is 0.190. The van der Waals surface area contributed by atoms with Crippen LogP contribution in [-0.4, -0.2) is 16.1 Å². The largest absolute Gasteiger partial charge is 0.393 e. The molecule has 88 valence electrons. The summed E-state index contributed by atoms with van der Waals surface area (Å²) in [7, 11) is 0. The normalized spacial score (nSPS) is 12.8. The Balaban J connectivity index is 2.85. The highest BCUT2D eigenvalue weighted by Crippen LogP contribution is 2.20. The zero-order chi connectivity index (χ0) is 12.3. The van der Waals surface area contributed by atoms with Crippen molar-refractivity contribution in [1.29, 1.82) is 0 Å². The van der Waals surface area contributed by atoms with E-state index in [1.54, 1.807) is 19.1 Å². The molecule has 0 aliphatic carbocycles. The molecule has 0 aliphatic heterocycles. The van der Waals surface area contributed by atoms with Gasteiger partial charge >= 0.3 is 0 Å². The maximum Gasteiger partial charge on any atom is 0.272 e. The molecule has 16 heavy (non-hydrogen) atoms. The summed E-state index contributed by atoms with van der Waals surface area (Å²) in [5.41, 5.74) is 1.70. The zero-order valence-electron chi connectivity index (χ0n) is 9.80. The van der Waals surface area contributed by atoms with Gasteiger partial charge in [0.15, 0.2) is 0 Å². The van der Waals surface area contributed by atoms with Crippen LogP contribution in [0.2, 0.25) is 0 Å². The van der Waals surface area contributed by atoms with Gasteiger partial charge in [0, 0.05) is 11.6 Å². The molecule has 0 aromatic heterocycles. The Labute approximate surface area is 95.1 Å². The van der Waals surface area contributed by atoms with Crippen molar-refractivity contribution in [1.82, 2.24) is 0 Å². The smallest absolute Gasteiger partial charge is 0.272 e. The van der Waals surface area contributed by atoms with Gasteiger partial charge in [0.2, 0.25) is 0 Å². The number of aryl methyl sites for hydroxylation is 1. The predicted molar refractivity (Wildman–Crippen MR) is 62.4 cm³/mol. The lowest BCUT2D eigenvalue weighted by atomic mass is 9.98. The average molecular weight is 223 g/mol. The number of hydrogen-bond donors (Lipinski definition) is 1. The van der Waals surface area contributed by atoms with Gasteiger partial charge in [0.05, 0.1) is 11.0 Å². The van der Waals surface area contributed by atoms with Crippen molar-refractivity contribution in [3.05, 3.63) is 39.4 Å². The molecular formula is C12H17NO3. The maximum absolute atomic E-state index is 10.6. The molecule has 0 saturated heterocycles. The second-order valence-electron chi connectivity index (χ2n) is 4.39. The molecule has 0 aliphatic rings. The van der Waals surface area contributed by atoms with E-state index in [2.05, 4.69) is 0 Å². The third-order valence-electron chi connectivity index (χ3n) is 2.67. The second-order valence-corrected chi connectivity index (χ2v) is 4.39. The number of rotatable bonds is 4. The highest BCUT2D eigenvalue weighted by Gasteiger charge is 2.13. The molecule has 0 saturated carbocycles. The summed E-state index contributed by atoms with van der Waals surface area (Å²) in [6.45, 7) is 5.61. The summed E-state index contributed by atoms with van der Waals surface area (Å²) in [4.78, 5) is 10.2. The molecule has 1 N–H and O–H groups in total. The lowest BCUT2D eigenvalue weighted by Gasteiger charge is -2.14. The first kappa shape index (κ1) is 12.6. The molecule has 1 aromatic rings. The molecule has 1 unspecified atom stereocenters. The molecule has 1 aromatic carbocycles. The quantitative estimate of drug-likeness (QED) is 0.630. The lowest BCUT2D eigenvalue weighted by Crippen LogP contribution is -2.17. The third kappa shape index (κ3) is 3.03. The first-order chi connectivity index (χ1) is 7.41. The summed E-state index contributed by atoms with van der Waals surface area (Å²) in [6.07, 6.45) is 0.136. The number of aliphatic hydroxyl groups is 1. The first-order valence-electron chi connectivity index (χ1n) is 5.33. The molecule has 0 heterocycles. The number of benzene rings is 1. The Morgan fingerprint density at radius 2 is 2.06 bits per heavy atom. The lowest BCUT2D eigenvalue weighted by molar-refractivity contribution is -0.385. The molecule has 1 rings (SSSR count). The van der Waals surface area contributed by atoms with Crippen molar-refractivity contribution < 1.29 is 10.0 Å². The molecule has 0 spiro atoms. The van der Waals surface area contributed by atoms with Crippen molar-refractivity contribution in [2.45, 2.75) is 33.3 Å². The minimum Gasteiger partial charge on any atom is -0.393 e. The van der Waals surface area contributed by atoms with Crippen LogP contribution in [0.25, 0.3) is 0 Å². The fourth-order valence-electron chi connectivity index (χ4n) is 1.53. The monoisotopic (exact) mass is 223 g/mol. The highest BCUT2D eigenvalue weighted by atomic mass is 16.6. The van der Waals surface area contributed by atoms with Gasteiger partial charge in [-0.1, -0.05) is 19.9 Å². The van der Waals surface area contributed by atoms with Crippen LogP contribution >= 0.6 is 0 Å². The maximum atomic E-state index is 10.6. The van der Waals surface area contributed by atoms with Gasteiger partial charge in [-0.05, 0) is 30.9 Å². The fourth-order valence-corrected chi connectivity index (χ4v) is 1.53. The van der Waals surface area contributed by atoms with Crippen LogP contribution in [0.1, 0.15) is 25.0 Å². The third-order valence-corrected chi connectivity index (χ3v) is 2.67. The van der Waals surface area contributed by atoms with E-state index < -0.39 is 11.0 Å².